The van der Waals surface area contributed by atoms with Gasteiger partial charge in [-0.25, -0.2) is 8.42 Å². The standard InChI is InChI=1S/C12H19N3O5S/c1-9(16)8-13-5-6-14-11-4-3-10(21(2,19)20)7-12(11)15(17)18/h3-4,7,9,13-14,16H,5-6,8H2,1-2H3. The molecule has 0 amide bonds. The Morgan fingerprint density at radius 1 is 1.38 bits per heavy atom. The normalized spacial score (nSPS) is 12.9. The van der Waals surface area contributed by atoms with Crippen molar-refractivity contribution in [3.8, 4) is 0 Å². The Balaban J connectivity index is 2.76. The Kier molecular flexibility index (Phi) is 6.06. The van der Waals surface area contributed by atoms with Gasteiger partial charge in [0.25, 0.3) is 5.69 Å². The highest BCUT2D eigenvalue weighted by Gasteiger charge is 2.18. The number of benzene rings is 1. The molecule has 0 bridgehead atoms. The summed E-state index contributed by atoms with van der Waals surface area (Å²) in [6, 6.07) is 3.75. The summed E-state index contributed by atoms with van der Waals surface area (Å²) in [6.07, 6.45) is 0.535. The van der Waals surface area contributed by atoms with Crippen LogP contribution in [0.2, 0.25) is 0 Å². The maximum atomic E-state index is 11.4. The summed E-state index contributed by atoms with van der Waals surface area (Å²) >= 11 is 0. The highest BCUT2D eigenvalue weighted by Crippen LogP contribution is 2.27. The average molecular weight is 317 g/mol. The van der Waals surface area contributed by atoms with Gasteiger partial charge in [-0.3, -0.25) is 10.1 Å². The van der Waals surface area contributed by atoms with Crippen molar-refractivity contribution >= 4 is 21.2 Å². The summed E-state index contributed by atoms with van der Waals surface area (Å²) in [4.78, 5) is 10.3. The maximum Gasteiger partial charge on any atom is 0.293 e. The van der Waals surface area contributed by atoms with Crippen LogP contribution in [0.15, 0.2) is 23.1 Å². The zero-order valence-corrected chi connectivity index (χ0v) is 12.7. The third kappa shape index (κ3) is 5.66. The van der Waals surface area contributed by atoms with E-state index in [0.717, 1.165) is 12.3 Å². The SMILES string of the molecule is CC(O)CNCCNc1ccc(S(C)(=O)=O)cc1[N+](=O)[O-]. The Hall–Kier alpha value is -1.71. The smallest absolute Gasteiger partial charge is 0.293 e. The van der Waals surface area contributed by atoms with Crippen LogP contribution < -0.4 is 10.6 Å². The van der Waals surface area contributed by atoms with Crippen LogP contribution in [-0.2, 0) is 9.84 Å². The molecule has 0 aromatic heterocycles. The van der Waals surface area contributed by atoms with E-state index in [-0.39, 0.29) is 16.3 Å². The summed E-state index contributed by atoms with van der Waals surface area (Å²) in [7, 11) is -3.49. The molecule has 0 saturated carbocycles. The van der Waals surface area contributed by atoms with Gasteiger partial charge in [0.05, 0.1) is 15.9 Å². The van der Waals surface area contributed by atoms with Crippen molar-refractivity contribution in [1.29, 1.82) is 0 Å². The number of aliphatic hydroxyl groups is 1. The molecule has 3 N–H and O–H groups in total. The summed E-state index contributed by atoms with van der Waals surface area (Å²) in [5, 5.41) is 25.9. The molecule has 0 fully saturated rings. The van der Waals surface area contributed by atoms with Crippen LogP contribution in [0.1, 0.15) is 6.92 Å². The van der Waals surface area contributed by atoms with Gasteiger partial charge in [0.2, 0.25) is 0 Å². The van der Waals surface area contributed by atoms with Gasteiger partial charge in [0, 0.05) is 32.0 Å². The molecule has 0 aliphatic rings. The molecule has 1 unspecified atom stereocenters. The largest absolute Gasteiger partial charge is 0.392 e. The Morgan fingerprint density at radius 3 is 2.57 bits per heavy atom. The maximum absolute atomic E-state index is 11.4. The van der Waals surface area contributed by atoms with E-state index in [4.69, 9.17) is 5.11 Å². The fourth-order valence-corrected chi connectivity index (χ4v) is 2.28. The molecule has 1 aromatic carbocycles. The van der Waals surface area contributed by atoms with E-state index in [2.05, 4.69) is 10.6 Å². The van der Waals surface area contributed by atoms with Crippen molar-refractivity contribution < 1.29 is 18.4 Å². The van der Waals surface area contributed by atoms with Crippen molar-refractivity contribution in [1.82, 2.24) is 5.32 Å². The van der Waals surface area contributed by atoms with Gasteiger partial charge >= 0.3 is 0 Å². The molecule has 0 aliphatic carbocycles. The van der Waals surface area contributed by atoms with E-state index in [0.29, 0.717) is 19.6 Å². The van der Waals surface area contributed by atoms with Crippen LogP contribution in [0.5, 0.6) is 0 Å². The lowest BCUT2D eigenvalue weighted by Gasteiger charge is -2.10. The predicted molar refractivity (Wildman–Crippen MR) is 79.2 cm³/mol. The molecule has 0 saturated heterocycles. The van der Waals surface area contributed by atoms with Crippen molar-refractivity contribution in [2.75, 3.05) is 31.2 Å². The van der Waals surface area contributed by atoms with Gasteiger partial charge in [0.1, 0.15) is 5.69 Å². The zero-order valence-electron chi connectivity index (χ0n) is 11.9. The van der Waals surface area contributed by atoms with E-state index in [1.54, 1.807) is 6.92 Å². The van der Waals surface area contributed by atoms with Gasteiger partial charge in [-0.15, -0.1) is 0 Å². The molecule has 1 rings (SSSR count). The Bertz CT molecular complexity index is 601. The molecule has 9 heteroatoms. The molecular weight excluding hydrogens is 298 g/mol. The first-order valence-corrected chi connectivity index (χ1v) is 8.22. The van der Waals surface area contributed by atoms with Crippen LogP contribution in [0.4, 0.5) is 11.4 Å². The number of hydrogen-bond donors (Lipinski definition) is 3. The van der Waals surface area contributed by atoms with Crippen LogP contribution in [-0.4, -0.2) is 50.4 Å². The second kappa shape index (κ2) is 7.34. The van der Waals surface area contributed by atoms with Crippen LogP contribution in [0, 0.1) is 10.1 Å². The lowest BCUT2D eigenvalue weighted by atomic mass is 10.2. The van der Waals surface area contributed by atoms with E-state index in [1.807, 2.05) is 0 Å². The van der Waals surface area contributed by atoms with E-state index in [9.17, 15) is 18.5 Å². The van der Waals surface area contributed by atoms with E-state index in [1.165, 1.54) is 12.1 Å². The fraction of sp³-hybridized carbons (Fsp3) is 0.500. The number of rotatable bonds is 8. The van der Waals surface area contributed by atoms with Crippen molar-refractivity contribution in [2.45, 2.75) is 17.9 Å². The molecule has 0 heterocycles. The molecule has 118 valence electrons. The summed E-state index contributed by atoms with van der Waals surface area (Å²) in [5.41, 5.74) is -0.0281. The molecule has 21 heavy (non-hydrogen) atoms. The third-order valence-corrected chi connectivity index (χ3v) is 3.76. The summed E-state index contributed by atoms with van der Waals surface area (Å²) in [5.74, 6) is 0. The second-order valence-corrected chi connectivity index (χ2v) is 6.70. The van der Waals surface area contributed by atoms with Gasteiger partial charge in [0.15, 0.2) is 9.84 Å². The molecule has 8 nitrogen and oxygen atoms in total. The molecule has 0 spiro atoms. The number of aliphatic hydroxyl groups excluding tert-OH is 1. The number of nitrogens with one attached hydrogen (secondary N) is 2. The van der Waals surface area contributed by atoms with Crippen LogP contribution in [0.3, 0.4) is 0 Å². The number of nitro benzene ring substituents is 1. The summed E-state index contributed by atoms with van der Waals surface area (Å²) < 4.78 is 22.8. The number of nitro groups is 1. The van der Waals surface area contributed by atoms with Gasteiger partial charge in [-0.1, -0.05) is 0 Å². The minimum absolute atomic E-state index is 0.0908. The number of hydrogen-bond acceptors (Lipinski definition) is 7. The lowest BCUT2D eigenvalue weighted by molar-refractivity contribution is -0.384. The van der Waals surface area contributed by atoms with Gasteiger partial charge in [-0.2, -0.15) is 0 Å². The van der Waals surface area contributed by atoms with Gasteiger partial charge in [-0.05, 0) is 19.1 Å². The van der Waals surface area contributed by atoms with Crippen molar-refractivity contribution in [3.05, 3.63) is 28.3 Å². The highest BCUT2D eigenvalue weighted by molar-refractivity contribution is 7.90. The minimum Gasteiger partial charge on any atom is -0.392 e. The lowest BCUT2D eigenvalue weighted by Crippen LogP contribution is -2.29. The van der Waals surface area contributed by atoms with Crippen molar-refractivity contribution in [3.63, 3.8) is 0 Å². The van der Waals surface area contributed by atoms with E-state index < -0.39 is 20.9 Å². The molecule has 1 atom stereocenters. The Labute approximate surface area is 123 Å². The molecule has 1 aromatic rings. The third-order valence-electron chi connectivity index (χ3n) is 2.65. The fourth-order valence-electron chi connectivity index (χ4n) is 1.64. The average Bonchev–Trinajstić information content (AvgIpc) is 2.36. The quantitative estimate of drug-likeness (QED) is 0.360. The van der Waals surface area contributed by atoms with Crippen LogP contribution >= 0.6 is 0 Å². The number of sulfone groups is 1. The van der Waals surface area contributed by atoms with Gasteiger partial charge < -0.3 is 15.7 Å². The van der Waals surface area contributed by atoms with Crippen LogP contribution in [0.25, 0.3) is 0 Å². The Morgan fingerprint density at radius 2 is 2.05 bits per heavy atom. The molecular formula is C12H19N3O5S. The highest BCUT2D eigenvalue weighted by atomic mass is 32.2. The monoisotopic (exact) mass is 317 g/mol. The van der Waals surface area contributed by atoms with E-state index >= 15 is 0 Å². The number of anilines is 1. The number of nitrogens with zero attached hydrogens (tertiary/aromatic N) is 1. The predicted octanol–water partition coefficient (Wildman–Crippen LogP) is 0.381. The van der Waals surface area contributed by atoms with Crippen molar-refractivity contribution in [2.24, 2.45) is 0 Å². The first kappa shape index (κ1) is 17.3. The first-order valence-electron chi connectivity index (χ1n) is 6.33. The first-order chi connectivity index (χ1) is 9.71. The zero-order chi connectivity index (χ0) is 16.0. The minimum atomic E-state index is -3.49. The molecule has 0 aliphatic heterocycles. The second-order valence-electron chi connectivity index (χ2n) is 4.69. The topological polar surface area (TPSA) is 122 Å². The summed E-state index contributed by atoms with van der Waals surface area (Å²) in [6.45, 7) is 2.99. The molecule has 0 radical (unpaired) electrons.